The highest BCUT2D eigenvalue weighted by Crippen LogP contribution is 2.35. The lowest BCUT2D eigenvalue weighted by atomic mass is 10.1. The van der Waals surface area contributed by atoms with Crippen LogP contribution in [-0.4, -0.2) is 42.0 Å². The van der Waals surface area contributed by atoms with E-state index in [2.05, 4.69) is 40.3 Å². The van der Waals surface area contributed by atoms with E-state index >= 15 is 0 Å². The minimum Gasteiger partial charge on any atom is -0.497 e. The molecule has 0 spiro atoms. The van der Waals surface area contributed by atoms with Crippen LogP contribution in [0.4, 0.5) is 0 Å². The van der Waals surface area contributed by atoms with Crippen molar-refractivity contribution >= 4 is 27.5 Å². The predicted octanol–water partition coefficient (Wildman–Crippen LogP) is 4.26. The Bertz CT molecular complexity index is 949. The van der Waals surface area contributed by atoms with E-state index in [0.717, 1.165) is 29.2 Å². The SMILES string of the molecule is COc1ccc(CN(CC(=O)NCCc2nc3ccccc3s2)C(C)C2CC2)cc1. The number of carbonyl (C=O) groups is 1. The van der Waals surface area contributed by atoms with Crippen LogP contribution in [0.3, 0.4) is 0 Å². The summed E-state index contributed by atoms with van der Waals surface area (Å²) in [7, 11) is 1.68. The predicted molar refractivity (Wildman–Crippen MR) is 122 cm³/mol. The first-order valence-corrected chi connectivity index (χ1v) is 11.4. The van der Waals surface area contributed by atoms with Crippen LogP contribution in [0.1, 0.15) is 30.3 Å². The number of fused-ring (bicyclic) bond motifs is 1. The highest BCUT2D eigenvalue weighted by molar-refractivity contribution is 7.18. The van der Waals surface area contributed by atoms with Gasteiger partial charge in [-0.15, -0.1) is 11.3 Å². The van der Waals surface area contributed by atoms with Crippen LogP contribution in [0.15, 0.2) is 48.5 Å². The standard InChI is InChI=1S/C24H29N3O2S/c1-17(19-9-10-19)27(15-18-7-11-20(29-2)12-8-18)16-23(28)25-14-13-24-26-21-5-3-4-6-22(21)30-24/h3-8,11-12,17,19H,9-10,13-16H2,1-2H3,(H,25,28). The smallest absolute Gasteiger partial charge is 0.234 e. The highest BCUT2D eigenvalue weighted by Gasteiger charge is 2.32. The van der Waals surface area contributed by atoms with Gasteiger partial charge >= 0.3 is 0 Å². The van der Waals surface area contributed by atoms with Gasteiger partial charge in [0.05, 0.1) is 28.9 Å². The van der Waals surface area contributed by atoms with Crippen molar-refractivity contribution in [2.24, 2.45) is 5.92 Å². The fourth-order valence-corrected chi connectivity index (χ4v) is 4.73. The number of thiazole rings is 1. The first-order valence-electron chi connectivity index (χ1n) is 10.6. The van der Waals surface area contributed by atoms with Gasteiger partial charge < -0.3 is 10.1 Å². The zero-order valence-electron chi connectivity index (χ0n) is 17.6. The summed E-state index contributed by atoms with van der Waals surface area (Å²) in [4.78, 5) is 19.6. The summed E-state index contributed by atoms with van der Waals surface area (Å²) in [5, 5.41) is 4.16. The van der Waals surface area contributed by atoms with Crippen LogP contribution >= 0.6 is 11.3 Å². The third kappa shape index (κ3) is 5.37. The molecule has 1 aliphatic rings. The van der Waals surface area contributed by atoms with Gasteiger partial charge in [0, 0.05) is 25.6 Å². The second-order valence-corrected chi connectivity index (χ2v) is 9.12. The lowest BCUT2D eigenvalue weighted by Crippen LogP contribution is -2.42. The number of hydrogen-bond donors (Lipinski definition) is 1. The summed E-state index contributed by atoms with van der Waals surface area (Å²) >= 11 is 1.70. The van der Waals surface area contributed by atoms with E-state index in [1.54, 1.807) is 18.4 Å². The molecule has 3 aromatic rings. The molecule has 1 N–H and O–H groups in total. The summed E-state index contributed by atoms with van der Waals surface area (Å²) < 4.78 is 6.45. The molecule has 1 heterocycles. The quantitative estimate of drug-likeness (QED) is 0.529. The van der Waals surface area contributed by atoms with Crippen LogP contribution in [0.2, 0.25) is 0 Å². The number of nitrogens with zero attached hydrogens (tertiary/aromatic N) is 2. The number of aromatic nitrogens is 1. The Morgan fingerprint density at radius 1 is 1.23 bits per heavy atom. The van der Waals surface area contributed by atoms with E-state index in [1.165, 1.54) is 23.1 Å². The zero-order chi connectivity index (χ0) is 20.9. The highest BCUT2D eigenvalue weighted by atomic mass is 32.1. The summed E-state index contributed by atoms with van der Waals surface area (Å²) in [6.45, 7) is 4.05. The number of ether oxygens (including phenoxy) is 1. The van der Waals surface area contributed by atoms with E-state index in [9.17, 15) is 4.79 Å². The van der Waals surface area contributed by atoms with Crippen molar-refractivity contribution in [2.75, 3.05) is 20.2 Å². The molecule has 1 unspecified atom stereocenters. The van der Waals surface area contributed by atoms with Crippen molar-refractivity contribution in [3.63, 3.8) is 0 Å². The molecule has 30 heavy (non-hydrogen) atoms. The van der Waals surface area contributed by atoms with Gasteiger partial charge in [-0.05, 0) is 55.5 Å². The van der Waals surface area contributed by atoms with Crippen molar-refractivity contribution in [3.8, 4) is 5.75 Å². The van der Waals surface area contributed by atoms with Gasteiger partial charge in [0.1, 0.15) is 5.75 Å². The monoisotopic (exact) mass is 423 g/mol. The van der Waals surface area contributed by atoms with E-state index in [4.69, 9.17) is 4.74 Å². The molecular formula is C24H29N3O2S. The fraction of sp³-hybridized carbons (Fsp3) is 0.417. The molecule has 4 rings (SSSR count). The number of hydrogen-bond acceptors (Lipinski definition) is 5. The van der Waals surface area contributed by atoms with Gasteiger partial charge in [0.15, 0.2) is 0 Å². The first kappa shape index (κ1) is 20.8. The molecule has 5 nitrogen and oxygen atoms in total. The summed E-state index contributed by atoms with van der Waals surface area (Å²) in [6.07, 6.45) is 3.29. The Labute approximate surface area is 182 Å². The molecule has 1 fully saturated rings. The maximum Gasteiger partial charge on any atom is 0.234 e. The largest absolute Gasteiger partial charge is 0.497 e. The number of methoxy groups -OCH3 is 1. The van der Waals surface area contributed by atoms with Crippen LogP contribution in [0.25, 0.3) is 10.2 Å². The minimum absolute atomic E-state index is 0.0807. The van der Waals surface area contributed by atoms with Crippen molar-refractivity contribution in [1.29, 1.82) is 0 Å². The molecule has 0 saturated heterocycles. The molecule has 0 bridgehead atoms. The van der Waals surface area contributed by atoms with E-state index in [-0.39, 0.29) is 5.91 Å². The van der Waals surface area contributed by atoms with E-state index in [0.29, 0.717) is 25.0 Å². The average molecular weight is 424 g/mol. The first-order chi connectivity index (χ1) is 14.6. The minimum atomic E-state index is 0.0807. The molecule has 2 aromatic carbocycles. The summed E-state index contributed by atoms with van der Waals surface area (Å²) in [5.41, 5.74) is 2.23. The molecule has 1 amide bonds. The fourth-order valence-electron chi connectivity index (χ4n) is 3.76. The number of amides is 1. The topological polar surface area (TPSA) is 54.5 Å². The number of para-hydroxylation sites is 1. The Balaban J connectivity index is 1.31. The number of carbonyl (C=O) groups excluding carboxylic acids is 1. The Morgan fingerprint density at radius 2 is 2.00 bits per heavy atom. The van der Waals surface area contributed by atoms with Gasteiger partial charge in [-0.2, -0.15) is 0 Å². The van der Waals surface area contributed by atoms with E-state index < -0.39 is 0 Å². The summed E-state index contributed by atoms with van der Waals surface area (Å²) in [6, 6.07) is 16.7. The molecule has 1 atom stereocenters. The maximum absolute atomic E-state index is 12.7. The zero-order valence-corrected chi connectivity index (χ0v) is 18.5. The normalized spacial score (nSPS) is 14.8. The van der Waals surface area contributed by atoms with Crippen LogP contribution in [-0.2, 0) is 17.8 Å². The summed E-state index contributed by atoms with van der Waals surface area (Å²) in [5.74, 6) is 1.64. The van der Waals surface area contributed by atoms with Gasteiger partial charge in [-0.1, -0.05) is 24.3 Å². The second kappa shape index (κ2) is 9.58. The molecule has 1 saturated carbocycles. The number of rotatable bonds is 10. The third-order valence-corrected chi connectivity index (χ3v) is 6.87. The van der Waals surface area contributed by atoms with Gasteiger partial charge in [-0.3, -0.25) is 9.69 Å². The van der Waals surface area contributed by atoms with E-state index in [1.807, 2.05) is 30.3 Å². The van der Waals surface area contributed by atoms with Crippen molar-refractivity contribution in [1.82, 2.24) is 15.2 Å². The van der Waals surface area contributed by atoms with Crippen LogP contribution < -0.4 is 10.1 Å². The Hall–Kier alpha value is -2.44. The molecule has 1 aliphatic carbocycles. The third-order valence-electron chi connectivity index (χ3n) is 5.77. The molecule has 0 aliphatic heterocycles. The molecule has 1 aromatic heterocycles. The lowest BCUT2D eigenvalue weighted by molar-refractivity contribution is -0.123. The molecule has 158 valence electrons. The second-order valence-electron chi connectivity index (χ2n) is 8.01. The van der Waals surface area contributed by atoms with Crippen LogP contribution in [0, 0.1) is 5.92 Å². The number of nitrogens with one attached hydrogen (secondary N) is 1. The average Bonchev–Trinajstić information content (AvgIpc) is 3.52. The number of benzene rings is 2. The van der Waals surface area contributed by atoms with Crippen molar-refractivity contribution in [3.05, 3.63) is 59.1 Å². The molecule has 0 radical (unpaired) electrons. The molecule has 6 heteroatoms. The Kier molecular flexibility index (Phi) is 6.65. The van der Waals surface area contributed by atoms with Crippen LogP contribution in [0.5, 0.6) is 5.75 Å². The maximum atomic E-state index is 12.7. The van der Waals surface area contributed by atoms with Gasteiger partial charge in [0.2, 0.25) is 5.91 Å². The van der Waals surface area contributed by atoms with Crippen molar-refractivity contribution < 1.29 is 9.53 Å². The Morgan fingerprint density at radius 3 is 2.70 bits per heavy atom. The van der Waals surface area contributed by atoms with Gasteiger partial charge in [0.25, 0.3) is 0 Å². The molecular weight excluding hydrogens is 394 g/mol. The van der Waals surface area contributed by atoms with Crippen molar-refractivity contribution in [2.45, 2.75) is 38.8 Å². The lowest BCUT2D eigenvalue weighted by Gasteiger charge is -2.28. The van der Waals surface area contributed by atoms with Gasteiger partial charge in [-0.25, -0.2) is 4.98 Å².